The lowest BCUT2D eigenvalue weighted by Gasteiger charge is -2.45. The van der Waals surface area contributed by atoms with Crippen molar-refractivity contribution in [3.05, 3.63) is 23.3 Å². The molecule has 9 heteroatoms. The normalized spacial score (nSPS) is 35.7. The molecule has 0 aromatic heterocycles. The predicted octanol–water partition coefficient (Wildman–Crippen LogP) is 5.99. The van der Waals surface area contributed by atoms with Gasteiger partial charge in [0.1, 0.15) is 0 Å². The molecule has 4 aliphatic rings. The number of halogens is 6. The van der Waals surface area contributed by atoms with E-state index in [0.717, 1.165) is 43.6 Å². The number of hydrogen-bond acceptors (Lipinski definition) is 3. The van der Waals surface area contributed by atoms with E-state index >= 15 is 0 Å². The lowest BCUT2D eigenvalue weighted by molar-refractivity contribution is -0.343. The second-order valence-electron chi connectivity index (χ2n) is 11.6. The van der Waals surface area contributed by atoms with Crippen LogP contribution in [0.2, 0.25) is 0 Å². The van der Waals surface area contributed by atoms with E-state index in [2.05, 4.69) is 18.9 Å². The SMILES string of the molecule is C[C@]12CCCC(=CC=C3C[C@@H](O)C[C@H](O)C3)[C@@H]1CC[C@@H]2C1(CC#CC(O)(C(F)(F)F)C(F)(F)F)CC1. The topological polar surface area (TPSA) is 60.7 Å². The van der Waals surface area contributed by atoms with E-state index < -0.39 is 35.6 Å². The van der Waals surface area contributed by atoms with Crippen molar-refractivity contribution >= 4 is 0 Å². The van der Waals surface area contributed by atoms with Gasteiger partial charge in [-0.3, -0.25) is 0 Å². The number of allylic oxidation sites excluding steroid dienone is 3. The van der Waals surface area contributed by atoms with Crippen LogP contribution in [0.15, 0.2) is 23.3 Å². The van der Waals surface area contributed by atoms with E-state index in [1.54, 1.807) is 0 Å². The summed E-state index contributed by atoms with van der Waals surface area (Å²) in [5.74, 6) is 3.68. The van der Waals surface area contributed by atoms with Crippen molar-refractivity contribution in [2.24, 2.45) is 22.7 Å². The van der Waals surface area contributed by atoms with Crippen LogP contribution in [0.5, 0.6) is 0 Å². The van der Waals surface area contributed by atoms with E-state index in [-0.39, 0.29) is 23.7 Å². The average molecular weight is 521 g/mol. The molecule has 0 unspecified atom stereocenters. The summed E-state index contributed by atoms with van der Waals surface area (Å²) in [7, 11) is 0. The molecule has 4 aliphatic carbocycles. The number of hydrogen-bond donors (Lipinski definition) is 3. The van der Waals surface area contributed by atoms with Gasteiger partial charge in [0.25, 0.3) is 0 Å². The highest BCUT2D eigenvalue weighted by atomic mass is 19.4. The fraction of sp³-hybridized carbons (Fsp3) is 0.778. The molecular formula is C27H34F6O3. The van der Waals surface area contributed by atoms with Gasteiger partial charge in [-0.2, -0.15) is 26.3 Å². The molecule has 0 saturated heterocycles. The second kappa shape index (κ2) is 9.36. The van der Waals surface area contributed by atoms with Gasteiger partial charge < -0.3 is 15.3 Å². The summed E-state index contributed by atoms with van der Waals surface area (Å²) in [6, 6.07) is 0. The van der Waals surface area contributed by atoms with Crippen LogP contribution in [-0.2, 0) is 0 Å². The lowest BCUT2D eigenvalue weighted by atomic mass is 9.59. The molecule has 0 aromatic carbocycles. The van der Waals surface area contributed by atoms with Gasteiger partial charge in [0.15, 0.2) is 0 Å². The molecule has 0 aromatic rings. The monoisotopic (exact) mass is 520 g/mol. The molecule has 0 heterocycles. The van der Waals surface area contributed by atoms with Crippen molar-refractivity contribution in [3.63, 3.8) is 0 Å². The van der Waals surface area contributed by atoms with Gasteiger partial charge in [-0.05, 0) is 92.8 Å². The third-order valence-corrected chi connectivity index (χ3v) is 9.20. The fourth-order valence-corrected chi connectivity index (χ4v) is 7.24. The van der Waals surface area contributed by atoms with Crippen LogP contribution in [0.4, 0.5) is 26.3 Å². The predicted molar refractivity (Wildman–Crippen MR) is 121 cm³/mol. The number of rotatable bonds is 3. The molecule has 3 N–H and O–H groups in total. The Morgan fingerprint density at radius 2 is 1.56 bits per heavy atom. The van der Waals surface area contributed by atoms with E-state index in [0.29, 0.717) is 32.1 Å². The molecule has 202 valence electrons. The number of aliphatic hydroxyl groups is 3. The van der Waals surface area contributed by atoms with E-state index in [1.807, 2.05) is 6.08 Å². The minimum absolute atomic E-state index is 0.0900. The molecule has 4 rings (SSSR count). The average Bonchev–Trinajstić information content (AvgIpc) is 3.42. The molecule has 0 spiro atoms. The first-order valence-electron chi connectivity index (χ1n) is 12.7. The quantitative estimate of drug-likeness (QED) is 0.317. The lowest BCUT2D eigenvalue weighted by Crippen LogP contribution is -2.55. The van der Waals surface area contributed by atoms with E-state index in [9.17, 15) is 41.7 Å². The molecule has 4 saturated carbocycles. The van der Waals surface area contributed by atoms with Crippen LogP contribution in [0.1, 0.15) is 77.6 Å². The van der Waals surface area contributed by atoms with Gasteiger partial charge in [0.05, 0.1) is 12.2 Å². The maximum atomic E-state index is 13.0. The summed E-state index contributed by atoms with van der Waals surface area (Å²) < 4.78 is 78.0. The third-order valence-electron chi connectivity index (χ3n) is 9.20. The Hall–Kier alpha value is -1.50. The first kappa shape index (κ1) is 27.5. The van der Waals surface area contributed by atoms with Crippen molar-refractivity contribution in [2.75, 3.05) is 0 Å². The van der Waals surface area contributed by atoms with Crippen LogP contribution >= 0.6 is 0 Å². The van der Waals surface area contributed by atoms with Crippen molar-refractivity contribution in [2.45, 2.75) is 108 Å². The summed E-state index contributed by atoms with van der Waals surface area (Å²) in [4.78, 5) is 0. The summed E-state index contributed by atoms with van der Waals surface area (Å²) >= 11 is 0. The molecule has 0 aliphatic heterocycles. The minimum atomic E-state index is -5.93. The zero-order valence-electron chi connectivity index (χ0n) is 20.4. The molecular weight excluding hydrogens is 486 g/mol. The Morgan fingerprint density at radius 1 is 0.944 bits per heavy atom. The largest absolute Gasteiger partial charge is 0.438 e. The highest BCUT2D eigenvalue weighted by molar-refractivity contribution is 5.28. The Morgan fingerprint density at radius 3 is 2.11 bits per heavy atom. The van der Waals surface area contributed by atoms with Gasteiger partial charge in [-0.15, -0.1) is 0 Å². The van der Waals surface area contributed by atoms with Crippen LogP contribution < -0.4 is 0 Å². The Bertz CT molecular complexity index is 939. The summed E-state index contributed by atoms with van der Waals surface area (Å²) in [5, 5.41) is 29.3. The minimum Gasteiger partial charge on any atom is -0.393 e. The van der Waals surface area contributed by atoms with E-state index in [1.165, 1.54) is 5.57 Å². The van der Waals surface area contributed by atoms with E-state index in [4.69, 9.17) is 0 Å². The zero-order valence-corrected chi connectivity index (χ0v) is 20.4. The molecule has 5 atom stereocenters. The third kappa shape index (κ3) is 4.98. The van der Waals surface area contributed by atoms with Crippen molar-refractivity contribution in [3.8, 4) is 11.8 Å². The zero-order chi connectivity index (χ0) is 26.6. The second-order valence-corrected chi connectivity index (χ2v) is 11.6. The molecule has 3 nitrogen and oxygen atoms in total. The van der Waals surface area contributed by atoms with Crippen LogP contribution in [0, 0.1) is 34.5 Å². The van der Waals surface area contributed by atoms with Crippen molar-refractivity contribution in [1.82, 2.24) is 0 Å². The van der Waals surface area contributed by atoms with Gasteiger partial charge in [-0.25, -0.2) is 0 Å². The first-order chi connectivity index (χ1) is 16.6. The highest BCUT2D eigenvalue weighted by Gasteiger charge is 2.70. The summed E-state index contributed by atoms with van der Waals surface area (Å²) in [5.41, 5.74) is -3.25. The molecule has 0 amide bonds. The Balaban J connectivity index is 1.52. The maximum Gasteiger partial charge on any atom is 0.438 e. The number of fused-ring (bicyclic) bond motifs is 1. The van der Waals surface area contributed by atoms with Gasteiger partial charge in [-0.1, -0.05) is 36.1 Å². The Kier molecular flexibility index (Phi) is 7.15. The van der Waals surface area contributed by atoms with Crippen molar-refractivity contribution in [1.29, 1.82) is 0 Å². The number of aliphatic hydroxyl groups excluding tert-OH is 2. The Labute approximate surface area is 207 Å². The fourth-order valence-electron chi connectivity index (χ4n) is 7.24. The van der Waals surface area contributed by atoms with Crippen molar-refractivity contribution < 1.29 is 41.7 Å². The maximum absolute atomic E-state index is 13.0. The first-order valence-corrected chi connectivity index (χ1v) is 12.7. The van der Waals surface area contributed by atoms with Crippen LogP contribution in [0.3, 0.4) is 0 Å². The number of alkyl halides is 6. The molecule has 0 bridgehead atoms. The standard InChI is InChI=1S/C27H34F6O3/c1-23-9-2-4-18(6-5-17-14-19(34)16-20(35)15-17)21(23)7-8-22(23)24(12-13-24)10-3-11-25(36,26(28,29)30)27(31,32)33/h5-6,19-22,34-36H,2,4,7-10,12-16H2,1H3/t19-,20-,21+,22+,23+/m1/s1. The van der Waals surface area contributed by atoms with Gasteiger partial charge >= 0.3 is 18.0 Å². The molecule has 36 heavy (non-hydrogen) atoms. The highest BCUT2D eigenvalue weighted by Crippen LogP contribution is 2.69. The van der Waals surface area contributed by atoms with Gasteiger partial charge in [0.2, 0.25) is 0 Å². The van der Waals surface area contributed by atoms with Crippen LogP contribution in [-0.4, -0.2) is 45.5 Å². The summed E-state index contributed by atoms with van der Waals surface area (Å²) in [6.45, 7) is 2.19. The molecule has 0 radical (unpaired) electrons. The smallest absolute Gasteiger partial charge is 0.393 e. The van der Waals surface area contributed by atoms with Crippen LogP contribution in [0.25, 0.3) is 0 Å². The summed E-state index contributed by atoms with van der Waals surface area (Å²) in [6.07, 6.45) is -1.47. The van der Waals surface area contributed by atoms with Gasteiger partial charge in [0, 0.05) is 6.42 Å². The molecule has 4 fully saturated rings.